The summed E-state index contributed by atoms with van der Waals surface area (Å²) in [5, 5.41) is 0. The van der Waals surface area contributed by atoms with Gasteiger partial charge in [0.2, 0.25) is 0 Å². The lowest BCUT2D eigenvalue weighted by Gasteiger charge is -2.14. The Balaban J connectivity index is 2.59. The van der Waals surface area contributed by atoms with E-state index in [1.807, 2.05) is 6.92 Å². The fraction of sp³-hybridized carbons (Fsp3) is 0.750. The van der Waals surface area contributed by atoms with Crippen molar-refractivity contribution in [1.29, 1.82) is 0 Å². The Kier molecular flexibility index (Phi) is 2.20. The van der Waals surface area contributed by atoms with E-state index >= 15 is 0 Å². The first kappa shape index (κ1) is 8.56. The third-order valence-corrected chi connectivity index (χ3v) is 2.16. The quantitative estimate of drug-likeness (QED) is 0.356. The summed E-state index contributed by atoms with van der Waals surface area (Å²) in [6.07, 6.45) is 0.975. The molecule has 0 N–H and O–H groups in total. The van der Waals surface area contributed by atoms with E-state index in [1.54, 1.807) is 7.11 Å². The predicted octanol–water partition coefficient (Wildman–Crippen LogP) is 1.85. The van der Waals surface area contributed by atoms with Gasteiger partial charge in [-0.05, 0) is 6.42 Å². The van der Waals surface area contributed by atoms with Gasteiger partial charge < -0.3 is 4.74 Å². The van der Waals surface area contributed by atoms with E-state index in [-0.39, 0.29) is 5.92 Å². The summed E-state index contributed by atoms with van der Waals surface area (Å²) in [7, 11) is 1.57. The van der Waals surface area contributed by atoms with Gasteiger partial charge in [-0.25, -0.2) is 0 Å². The Hall–Kier alpha value is -0.540. The molecular weight excluding hydrogens is 144 g/mol. The molecule has 0 aromatic carbocycles. The summed E-state index contributed by atoms with van der Waals surface area (Å²) in [4.78, 5) is 9.75. The van der Waals surface area contributed by atoms with Crippen LogP contribution in [0.5, 0.6) is 0 Å². The molecule has 1 saturated heterocycles. The minimum Gasteiger partial charge on any atom is -0.496 e. The van der Waals surface area contributed by atoms with Crippen LogP contribution in [0, 0.1) is 5.92 Å². The molecule has 1 unspecified atom stereocenters. The minimum absolute atomic E-state index is 0.287. The van der Waals surface area contributed by atoms with Gasteiger partial charge in [-0.2, -0.15) is 9.78 Å². The van der Waals surface area contributed by atoms with Crippen molar-refractivity contribution < 1.29 is 14.5 Å². The summed E-state index contributed by atoms with van der Waals surface area (Å²) in [5.74, 6) is 0.186. The Morgan fingerprint density at radius 2 is 2.18 bits per heavy atom. The molecule has 64 valence electrons. The molecule has 1 heterocycles. The molecule has 0 aliphatic carbocycles. The van der Waals surface area contributed by atoms with Crippen LogP contribution in [0.25, 0.3) is 0 Å². The lowest BCUT2D eigenvalue weighted by Crippen LogP contribution is -2.23. The maximum absolute atomic E-state index is 4.96. The zero-order valence-corrected chi connectivity index (χ0v) is 7.22. The lowest BCUT2D eigenvalue weighted by molar-refractivity contribution is 0.0850. The van der Waals surface area contributed by atoms with Gasteiger partial charge in [0.1, 0.15) is 0 Å². The molecule has 0 bridgehead atoms. The summed E-state index contributed by atoms with van der Waals surface area (Å²) in [6, 6.07) is 0. The number of hydrogen-bond acceptors (Lipinski definition) is 3. The molecular formula is C8H14O3. The van der Waals surface area contributed by atoms with Gasteiger partial charge in [0.05, 0.1) is 7.11 Å². The van der Waals surface area contributed by atoms with E-state index < -0.39 is 5.79 Å². The average molecular weight is 158 g/mol. The van der Waals surface area contributed by atoms with Crippen molar-refractivity contribution in [3.63, 3.8) is 0 Å². The van der Waals surface area contributed by atoms with Crippen LogP contribution in [0.15, 0.2) is 12.3 Å². The van der Waals surface area contributed by atoms with Gasteiger partial charge in [-0.1, -0.05) is 20.4 Å². The van der Waals surface area contributed by atoms with Gasteiger partial charge in [0, 0.05) is 5.92 Å². The van der Waals surface area contributed by atoms with Crippen LogP contribution in [0.1, 0.15) is 20.3 Å². The predicted molar refractivity (Wildman–Crippen MR) is 40.5 cm³/mol. The van der Waals surface area contributed by atoms with E-state index in [9.17, 15) is 0 Å². The highest BCUT2D eigenvalue weighted by Gasteiger charge is 2.57. The standard InChI is InChI=1S/C8H14O3/c1-5-6(2)8(10-11-8)7(3)9-4/h6H,3,5H2,1-2,4H3. The van der Waals surface area contributed by atoms with Crippen LogP contribution < -0.4 is 0 Å². The molecule has 3 heteroatoms. The van der Waals surface area contributed by atoms with Gasteiger partial charge in [0.25, 0.3) is 5.79 Å². The SMILES string of the molecule is C=C(OC)C1(C(C)CC)OO1. The van der Waals surface area contributed by atoms with E-state index in [2.05, 4.69) is 13.5 Å². The minimum atomic E-state index is -0.649. The summed E-state index contributed by atoms with van der Waals surface area (Å²) in [6.45, 7) is 7.81. The molecule has 0 amide bonds. The number of methoxy groups -OCH3 is 1. The fourth-order valence-corrected chi connectivity index (χ4v) is 0.988. The van der Waals surface area contributed by atoms with Gasteiger partial charge in [-0.15, -0.1) is 0 Å². The van der Waals surface area contributed by atoms with E-state index in [0.717, 1.165) is 6.42 Å². The topological polar surface area (TPSA) is 34.3 Å². The molecule has 1 rings (SSSR count). The average Bonchev–Trinajstić information content (AvgIpc) is 2.82. The molecule has 3 nitrogen and oxygen atoms in total. The Labute approximate surface area is 66.9 Å². The molecule has 1 aliphatic heterocycles. The zero-order chi connectivity index (χ0) is 8.48. The number of hydrogen-bond donors (Lipinski definition) is 0. The first-order valence-electron chi connectivity index (χ1n) is 3.77. The Bertz CT molecular complexity index is 161. The fourth-order valence-electron chi connectivity index (χ4n) is 0.988. The molecule has 0 aromatic rings. The van der Waals surface area contributed by atoms with Crippen molar-refractivity contribution in [2.24, 2.45) is 5.92 Å². The highest BCUT2D eigenvalue weighted by molar-refractivity contribution is 5.05. The zero-order valence-electron chi connectivity index (χ0n) is 7.22. The molecule has 0 saturated carbocycles. The van der Waals surface area contributed by atoms with Crippen LogP contribution in [-0.4, -0.2) is 12.9 Å². The third kappa shape index (κ3) is 1.26. The second kappa shape index (κ2) is 2.83. The first-order valence-corrected chi connectivity index (χ1v) is 3.77. The van der Waals surface area contributed by atoms with E-state index in [4.69, 9.17) is 14.5 Å². The Morgan fingerprint density at radius 3 is 2.45 bits per heavy atom. The summed E-state index contributed by atoms with van der Waals surface area (Å²) in [5.41, 5.74) is 0. The molecule has 0 spiro atoms. The van der Waals surface area contributed by atoms with Crippen LogP contribution in [0.3, 0.4) is 0 Å². The molecule has 1 aliphatic rings. The van der Waals surface area contributed by atoms with Crippen molar-refractivity contribution >= 4 is 0 Å². The monoisotopic (exact) mass is 158 g/mol. The smallest absolute Gasteiger partial charge is 0.291 e. The van der Waals surface area contributed by atoms with Gasteiger partial charge >= 0.3 is 0 Å². The van der Waals surface area contributed by atoms with Crippen molar-refractivity contribution in [2.75, 3.05) is 7.11 Å². The summed E-state index contributed by atoms with van der Waals surface area (Å²) >= 11 is 0. The lowest BCUT2D eigenvalue weighted by atomic mass is 9.98. The summed E-state index contributed by atoms with van der Waals surface area (Å²) < 4.78 is 4.96. The van der Waals surface area contributed by atoms with E-state index in [1.165, 1.54) is 0 Å². The third-order valence-electron chi connectivity index (χ3n) is 2.16. The van der Waals surface area contributed by atoms with Gasteiger partial charge in [-0.3, -0.25) is 0 Å². The molecule has 0 radical (unpaired) electrons. The second-order valence-electron chi connectivity index (χ2n) is 2.77. The number of rotatable bonds is 4. The highest BCUT2D eigenvalue weighted by atomic mass is 17.4. The van der Waals surface area contributed by atoms with Crippen LogP contribution >= 0.6 is 0 Å². The van der Waals surface area contributed by atoms with Crippen LogP contribution in [0.2, 0.25) is 0 Å². The van der Waals surface area contributed by atoms with Crippen molar-refractivity contribution in [1.82, 2.24) is 0 Å². The second-order valence-corrected chi connectivity index (χ2v) is 2.77. The Morgan fingerprint density at radius 1 is 1.64 bits per heavy atom. The number of ether oxygens (including phenoxy) is 1. The maximum atomic E-state index is 4.96. The van der Waals surface area contributed by atoms with Crippen molar-refractivity contribution in [3.05, 3.63) is 12.3 Å². The van der Waals surface area contributed by atoms with Crippen LogP contribution in [0.4, 0.5) is 0 Å². The van der Waals surface area contributed by atoms with Crippen LogP contribution in [-0.2, 0) is 14.5 Å². The molecule has 0 aromatic heterocycles. The maximum Gasteiger partial charge on any atom is 0.291 e. The van der Waals surface area contributed by atoms with Gasteiger partial charge in [0.15, 0.2) is 5.76 Å². The molecule has 1 atom stereocenters. The molecule has 1 fully saturated rings. The van der Waals surface area contributed by atoms with E-state index in [0.29, 0.717) is 5.76 Å². The van der Waals surface area contributed by atoms with Crippen molar-refractivity contribution in [3.8, 4) is 0 Å². The first-order chi connectivity index (χ1) is 5.17. The largest absolute Gasteiger partial charge is 0.496 e. The normalized spacial score (nSPS) is 22.5. The van der Waals surface area contributed by atoms with Crippen molar-refractivity contribution in [2.45, 2.75) is 26.1 Å². The highest BCUT2D eigenvalue weighted by Crippen LogP contribution is 2.44. The molecule has 11 heavy (non-hydrogen) atoms.